The van der Waals surface area contributed by atoms with E-state index in [2.05, 4.69) is 4.74 Å². The Balaban J connectivity index is 3.14. The van der Waals surface area contributed by atoms with Crippen LogP contribution in [-0.2, 0) is 0 Å². The number of nitro groups is 4. The molecule has 0 saturated heterocycles. The van der Waals surface area contributed by atoms with Gasteiger partial charge in [-0.1, -0.05) is 13.8 Å². The maximum absolute atomic E-state index is 11.9. The van der Waals surface area contributed by atoms with E-state index in [1.165, 1.54) is 6.92 Å². The molecule has 0 bridgehead atoms. The molecule has 15 heteroatoms. The molecule has 0 aliphatic heterocycles. The Morgan fingerprint density at radius 1 is 0.969 bits per heavy atom. The van der Waals surface area contributed by atoms with Crippen LogP contribution in [0.4, 0.5) is 27.5 Å². The highest BCUT2D eigenvalue weighted by Crippen LogP contribution is 2.51. The van der Waals surface area contributed by atoms with Crippen LogP contribution in [0.25, 0.3) is 11.1 Å². The summed E-state index contributed by atoms with van der Waals surface area (Å²) in [4.78, 5) is 53.2. The molecule has 0 spiro atoms. The minimum atomic E-state index is -1.95. The molecule has 0 aromatic heterocycles. The van der Waals surface area contributed by atoms with Gasteiger partial charge in [0.15, 0.2) is 0 Å². The quantitative estimate of drug-likeness (QED) is 0.254. The number of nitro benzene ring substituents is 4. The number of nitrogens with zero attached hydrogens (tertiary/aromatic N) is 4. The van der Waals surface area contributed by atoms with Crippen LogP contribution in [0.2, 0.25) is 0 Å². The van der Waals surface area contributed by atoms with Crippen LogP contribution in [0.3, 0.4) is 0 Å². The number of benzene rings is 2. The number of non-ortho nitro benzene ring substituents is 1. The molecule has 0 radical (unpaired) electrons. The van der Waals surface area contributed by atoms with E-state index in [1.54, 1.807) is 6.92 Å². The number of hydrogen-bond acceptors (Lipinski definition) is 10. The summed E-state index contributed by atoms with van der Waals surface area (Å²) in [6.07, 6.45) is -1.66. The van der Waals surface area contributed by atoms with Crippen molar-refractivity contribution in [2.24, 2.45) is 0 Å². The fourth-order valence-electron chi connectivity index (χ4n) is 3.02. The highest BCUT2D eigenvalue weighted by molar-refractivity contribution is 5.92. The monoisotopic (exact) mass is 450 g/mol. The molecule has 1 atom stereocenters. The van der Waals surface area contributed by atoms with Crippen LogP contribution in [0, 0.1) is 40.5 Å². The molecular weight excluding hydrogens is 436 g/mol. The van der Waals surface area contributed by atoms with Gasteiger partial charge >= 0.3 is 11.8 Å². The molecule has 1 N–H and O–H groups in total. The lowest BCUT2D eigenvalue weighted by Crippen LogP contribution is -2.11. The Bertz CT molecular complexity index is 1160. The minimum absolute atomic E-state index is 0.165. The largest absolute Gasteiger partial charge is 0.511 e. The van der Waals surface area contributed by atoms with E-state index in [1.807, 2.05) is 0 Å². The molecule has 2 rings (SSSR count). The van der Waals surface area contributed by atoms with E-state index in [4.69, 9.17) is 5.11 Å². The SMILES string of the molecule is CCC(C)c1cc([N+](=O)[O-])c(-c2ccc([N+](=O)[O-])cc2[N+](=O)[O-])c([N+](=O)[O-])c1OC(=O)O. The summed E-state index contributed by atoms with van der Waals surface area (Å²) in [6, 6.07) is 2.86. The van der Waals surface area contributed by atoms with E-state index in [9.17, 15) is 45.3 Å². The lowest BCUT2D eigenvalue weighted by Gasteiger charge is -2.16. The Kier molecular flexibility index (Phi) is 6.62. The molecule has 0 heterocycles. The van der Waals surface area contributed by atoms with Crippen LogP contribution in [0.15, 0.2) is 24.3 Å². The van der Waals surface area contributed by atoms with Crippen molar-refractivity contribution in [3.05, 3.63) is 70.3 Å². The van der Waals surface area contributed by atoms with Gasteiger partial charge in [0.1, 0.15) is 5.56 Å². The van der Waals surface area contributed by atoms with E-state index in [-0.39, 0.29) is 5.56 Å². The van der Waals surface area contributed by atoms with Gasteiger partial charge in [0, 0.05) is 17.7 Å². The van der Waals surface area contributed by atoms with Gasteiger partial charge in [-0.05, 0) is 18.4 Å². The summed E-state index contributed by atoms with van der Waals surface area (Å²) >= 11 is 0. The van der Waals surface area contributed by atoms with Gasteiger partial charge in [0.25, 0.3) is 17.1 Å². The van der Waals surface area contributed by atoms with Crippen molar-refractivity contribution in [2.75, 3.05) is 0 Å². The van der Waals surface area contributed by atoms with Gasteiger partial charge < -0.3 is 9.84 Å². The zero-order valence-electron chi connectivity index (χ0n) is 16.4. The molecule has 15 nitrogen and oxygen atoms in total. The second kappa shape index (κ2) is 8.99. The number of carbonyl (C=O) groups is 1. The van der Waals surface area contributed by atoms with Crippen LogP contribution >= 0.6 is 0 Å². The van der Waals surface area contributed by atoms with Crippen molar-refractivity contribution in [3.8, 4) is 16.9 Å². The number of hydrogen-bond donors (Lipinski definition) is 1. The second-order valence-corrected chi connectivity index (χ2v) is 6.44. The first-order chi connectivity index (χ1) is 14.9. The first-order valence-corrected chi connectivity index (χ1v) is 8.74. The first-order valence-electron chi connectivity index (χ1n) is 8.74. The molecule has 2 aromatic rings. The zero-order valence-corrected chi connectivity index (χ0v) is 16.4. The smallest absolute Gasteiger partial charge is 0.449 e. The minimum Gasteiger partial charge on any atom is -0.449 e. The van der Waals surface area contributed by atoms with Crippen LogP contribution in [0.5, 0.6) is 5.75 Å². The third-order valence-electron chi connectivity index (χ3n) is 4.63. The van der Waals surface area contributed by atoms with Crippen LogP contribution in [0.1, 0.15) is 31.7 Å². The van der Waals surface area contributed by atoms with Crippen LogP contribution < -0.4 is 4.74 Å². The molecule has 0 saturated carbocycles. The molecule has 0 amide bonds. The molecule has 0 aliphatic carbocycles. The maximum Gasteiger partial charge on any atom is 0.511 e. The number of carboxylic acid groups (broad SMARTS) is 1. The van der Waals surface area contributed by atoms with E-state index in [0.717, 1.165) is 18.2 Å². The predicted octanol–water partition coefficient (Wildman–Crippen LogP) is 4.56. The molecule has 2 aromatic carbocycles. The Morgan fingerprint density at radius 3 is 2.00 bits per heavy atom. The van der Waals surface area contributed by atoms with Gasteiger partial charge in [-0.2, -0.15) is 0 Å². The summed E-state index contributed by atoms with van der Waals surface area (Å²) in [5.74, 6) is -1.45. The van der Waals surface area contributed by atoms with Crippen molar-refractivity contribution in [3.63, 3.8) is 0 Å². The zero-order chi connectivity index (χ0) is 24.3. The normalized spacial score (nSPS) is 11.4. The van der Waals surface area contributed by atoms with Crippen molar-refractivity contribution in [2.45, 2.75) is 26.2 Å². The summed E-state index contributed by atoms with van der Waals surface area (Å²) in [5, 5.41) is 55.3. The average molecular weight is 450 g/mol. The fraction of sp³-hybridized carbons (Fsp3) is 0.235. The van der Waals surface area contributed by atoms with Gasteiger partial charge in [-0.3, -0.25) is 40.5 Å². The third kappa shape index (κ3) is 4.40. The molecule has 168 valence electrons. The second-order valence-electron chi connectivity index (χ2n) is 6.44. The standard InChI is InChI=1S/C17H14N4O11/c1-3-8(2)11-7-13(20(28)29)14(15(21(30)31)16(11)32-17(22)23)10-5-4-9(18(24)25)6-12(10)19(26)27/h4-8H,3H2,1-2H3,(H,22,23). The number of ether oxygens (including phenoxy) is 1. The van der Waals surface area contributed by atoms with Crippen molar-refractivity contribution < 1.29 is 34.3 Å². The Labute approximate surface area is 177 Å². The molecule has 0 fully saturated rings. The van der Waals surface area contributed by atoms with E-state index in [0.29, 0.717) is 12.5 Å². The Hall–Kier alpha value is -4.69. The topological polar surface area (TPSA) is 219 Å². The summed E-state index contributed by atoms with van der Waals surface area (Å²) in [5.41, 5.74) is -5.64. The van der Waals surface area contributed by atoms with E-state index < -0.39 is 71.4 Å². The van der Waals surface area contributed by atoms with Gasteiger partial charge in [0.2, 0.25) is 5.75 Å². The summed E-state index contributed by atoms with van der Waals surface area (Å²) < 4.78 is 4.59. The summed E-state index contributed by atoms with van der Waals surface area (Å²) in [6.45, 7) is 3.16. The number of rotatable bonds is 8. The molecule has 0 aliphatic rings. The van der Waals surface area contributed by atoms with Gasteiger partial charge in [0.05, 0.1) is 31.3 Å². The Morgan fingerprint density at radius 2 is 1.56 bits per heavy atom. The van der Waals surface area contributed by atoms with Gasteiger partial charge in [-0.15, -0.1) is 0 Å². The van der Waals surface area contributed by atoms with E-state index >= 15 is 0 Å². The average Bonchev–Trinajstić information content (AvgIpc) is 2.71. The fourth-order valence-corrected chi connectivity index (χ4v) is 3.02. The van der Waals surface area contributed by atoms with Crippen molar-refractivity contribution in [1.29, 1.82) is 0 Å². The third-order valence-corrected chi connectivity index (χ3v) is 4.63. The maximum atomic E-state index is 11.9. The molecular formula is C17H14N4O11. The predicted molar refractivity (Wildman–Crippen MR) is 106 cm³/mol. The summed E-state index contributed by atoms with van der Waals surface area (Å²) in [7, 11) is 0. The highest BCUT2D eigenvalue weighted by atomic mass is 16.7. The molecule has 1 unspecified atom stereocenters. The van der Waals surface area contributed by atoms with Crippen LogP contribution in [-0.4, -0.2) is 31.0 Å². The lowest BCUT2D eigenvalue weighted by molar-refractivity contribution is -0.396. The van der Waals surface area contributed by atoms with Gasteiger partial charge in [-0.25, -0.2) is 4.79 Å². The van der Waals surface area contributed by atoms with Crippen molar-refractivity contribution in [1.82, 2.24) is 0 Å². The molecule has 32 heavy (non-hydrogen) atoms. The lowest BCUT2D eigenvalue weighted by atomic mass is 9.91. The highest BCUT2D eigenvalue weighted by Gasteiger charge is 2.39. The van der Waals surface area contributed by atoms with Crippen molar-refractivity contribution >= 4 is 28.9 Å². The first kappa shape index (κ1) is 23.6.